The fourth-order valence-electron chi connectivity index (χ4n) is 6.32. The molecule has 1 aliphatic heterocycles. The van der Waals surface area contributed by atoms with Crippen LogP contribution in [0.25, 0.3) is 0 Å². The lowest BCUT2D eigenvalue weighted by atomic mass is 10.0. The monoisotopic (exact) mass is 924 g/mol. The van der Waals surface area contributed by atoms with Crippen molar-refractivity contribution in [3.8, 4) is 5.75 Å². The molecule has 0 bridgehead atoms. The topological polar surface area (TPSA) is 289 Å². The Morgan fingerprint density at radius 1 is 0.738 bits per heavy atom. The van der Waals surface area contributed by atoms with Crippen LogP contribution in [0.3, 0.4) is 0 Å². The maximum atomic E-state index is 13.9. The Morgan fingerprint density at radius 2 is 1.28 bits per heavy atom. The molecule has 1 aromatic heterocycles. The zero-order valence-corrected chi connectivity index (χ0v) is 38.9. The molecule has 0 radical (unpaired) electrons. The predicted octanol–water partition coefficient (Wildman–Crippen LogP) is 10.6. The van der Waals surface area contributed by atoms with Gasteiger partial charge in [0.05, 0.1) is 19.4 Å². The van der Waals surface area contributed by atoms with E-state index >= 15 is 0 Å². The lowest BCUT2D eigenvalue weighted by Crippen LogP contribution is -2.33. The van der Waals surface area contributed by atoms with Crippen LogP contribution in [-0.2, 0) is 47.5 Å². The number of nitrogens with zero attached hydrogens (tertiary/aromatic N) is 1. The van der Waals surface area contributed by atoms with Crippen LogP contribution < -0.4 is 28.3 Å². The molecular weight excluding hydrogens is 853 g/mol. The van der Waals surface area contributed by atoms with Crippen molar-refractivity contribution in [1.29, 1.82) is 0 Å². The normalized spacial score (nSPS) is 17.7. The van der Waals surface area contributed by atoms with E-state index in [0.29, 0.717) is 30.6 Å². The van der Waals surface area contributed by atoms with Gasteiger partial charge in [-0.2, -0.15) is 4.31 Å². The van der Waals surface area contributed by atoms with Gasteiger partial charge in [-0.15, -0.1) is 0 Å². The number of aryl methyl sites for hydroxylation is 1. The first kappa shape index (κ1) is 56.5. The highest BCUT2D eigenvalue weighted by Crippen LogP contribution is 2.69. The van der Waals surface area contributed by atoms with Crippen molar-refractivity contribution in [2.75, 3.05) is 12.8 Å². The van der Waals surface area contributed by atoms with Gasteiger partial charge in [-0.05, 0) is 43.5 Å². The van der Waals surface area contributed by atoms with Crippen molar-refractivity contribution in [1.82, 2.24) is 21.9 Å². The van der Waals surface area contributed by atoms with E-state index in [1.807, 2.05) is 6.92 Å². The molecule has 3 unspecified atom stereocenters. The minimum Gasteiger partial charge on any atom is -0.427 e. The second kappa shape index (κ2) is 29.7. The fraction of sp³-hybridized carbons (Fsp3) is 0.675. The van der Waals surface area contributed by atoms with Crippen LogP contribution in [0, 0.1) is 6.92 Å². The Kier molecular flexibility index (Phi) is 27.5. The number of aromatic amines is 1. The summed E-state index contributed by atoms with van der Waals surface area (Å²) < 4.78 is 71.9. The molecule has 2 heterocycles. The predicted molar refractivity (Wildman–Crippen MR) is 235 cm³/mol. The first-order valence-electron chi connectivity index (χ1n) is 21.1. The molecule has 1 aromatic carbocycles. The number of esters is 1. The number of unbranched alkanes of at least 4 members (excludes halogenated alkanes) is 16. The Balaban J connectivity index is 0.00000930. The number of hydrogen-bond acceptors (Lipinski definition) is 14. The average Bonchev–Trinajstić information content (AvgIpc) is 3.65. The quantitative estimate of drug-likeness (QED) is 0.0150. The summed E-state index contributed by atoms with van der Waals surface area (Å²) in [6, 6.07) is 6.22. The van der Waals surface area contributed by atoms with Crippen molar-refractivity contribution >= 4 is 29.2 Å². The minimum atomic E-state index is -5.54. The van der Waals surface area contributed by atoms with Crippen LogP contribution in [0.2, 0.25) is 0 Å². The molecule has 3 rings (SSSR count). The highest BCUT2D eigenvalue weighted by atomic mass is 31.3. The van der Waals surface area contributed by atoms with Crippen molar-refractivity contribution in [2.45, 2.75) is 162 Å². The number of phosphoric ester groups is 1. The van der Waals surface area contributed by atoms with Crippen LogP contribution in [-0.4, -0.2) is 44.2 Å². The smallest absolute Gasteiger partial charge is 0.427 e. The molecule has 21 heteroatoms. The first-order valence-corrected chi connectivity index (χ1v) is 25.8. The van der Waals surface area contributed by atoms with E-state index in [4.69, 9.17) is 22.8 Å². The van der Waals surface area contributed by atoms with Crippen LogP contribution in [0.5, 0.6) is 5.75 Å². The zero-order valence-electron chi connectivity index (χ0n) is 36.2. The largest absolute Gasteiger partial charge is 0.488 e. The molecule has 0 aliphatic carbocycles. The molecule has 0 spiro atoms. The van der Waals surface area contributed by atoms with Gasteiger partial charge in [-0.1, -0.05) is 135 Å². The standard InChI is InChI=1S/C40H65N2O14P3.2H3N/c1-4-6-8-9-10-11-12-13-14-15-16-17-18-19-20-21-29-57(46,51-31-34-23-25-35(26-24-34)54-38(43)22-7-5-2)55-59(49,50)56-58(47,48)52-32-36-27-28-37(53-36)42-30-33(3)39(44)41-40(42)45;;/h23-28,30,36-37H,4-22,29,31-32H2,1-3H3,(H,47,48)(H,49,50)(H,41,44,45);2*1H3/t36-,37+,57?;;/m0../s1. The van der Waals surface area contributed by atoms with Crippen LogP contribution in [0.15, 0.2) is 52.2 Å². The Morgan fingerprint density at radius 3 is 1.84 bits per heavy atom. The molecule has 0 saturated carbocycles. The van der Waals surface area contributed by atoms with Gasteiger partial charge < -0.3 is 36.1 Å². The average molecular weight is 925 g/mol. The number of aromatic nitrogens is 2. The van der Waals surface area contributed by atoms with E-state index in [0.717, 1.165) is 36.7 Å². The maximum Gasteiger partial charge on any atom is 0.488 e. The summed E-state index contributed by atoms with van der Waals surface area (Å²) in [5.41, 5.74) is -0.556. The molecule has 0 saturated heterocycles. The summed E-state index contributed by atoms with van der Waals surface area (Å²) in [5, 5.41) is 0. The van der Waals surface area contributed by atoms with E-state index < -0.39 is 53.4 Å². The highest BCUT2D eigenvalue weighted by molar-refractivity contribution is 7.68. The second-order valence-corrected chi connectivity index (χ2v) is 20.3. The van der Waals surface area contributed by atoms with Crippen LogP contribution >= 0.6 is 23.2 Å². The summed E-state index contributed by atoms with van der Waals surface area (Å²) in [7, 11) is -15.3. The van der Waals surface area contributed by atoms with Crippen molar-refractivity contribution in [3.63, 3.8) is 0 Å². The Bertz CT molecular complexity index is 1860. The third-order valence-corrected chi connectivity index (χ3v) is 15.0. The van der Waals surface area contributed by atoms with Gasteiger partial charge >= 0.3 is 34.9 Å². The maximum absolute atomic E-state index is 13.9. The lowest BCUT2D eigenvalue weighted by molar-refractivity contribution is -0.134. The number of rotatable bonds is 32. The van der Waals surface area contributed by atoms with E-state index in [-0.39, 0.29) is 43.0 Å². The minimum absolute atomic E-state index is 0. The number of H-pyrrole nitrogens is 1. The van der Waals surface area contributed by atoms with Gasteiger partial charge in [-0.25, -0.2) is 18.2 Å². The Labute approximate surface area is 360 Å². The summed E-state index contributed by atoms with van der Waals surface area (Å²) in [6.45, 7) is 4.73. The summed E-state index contributed by atoms with van der Waals surface area (Å²) in [6.07, 6.45) is 21.7. The molecule has 5 atom stereocenters. The molecule has 9 N–H and O–H groups in total. The third kappa shape index (κ3) is 23.1. The summed E-state index contributed by atoms with van der Waals surface area (Å²) in [5.74, 6) is -0.0607. The summed E-state index contributed by atoms with van der Waals surface area (Å²) >= 11 is 0. The van der Waals surface area contributed by atoms with Crippen molar-refractivity contribution in [3.05, 3.63) is 74.6 Å². The second-order valence-electron chi connectivity index (χ2n) is 15.0. The zero-order chi connectivity index (χ0) is 43.2. The van der Waals surface area contributed by atoms with Crippen LogP contribution in [0.4, 0.5) is 0 Å². The Hall–Kier alpha value is -2.56. The van der Waals surface area contributed by atoms with Gasteiger partial charge in [0.15, 0.2) is 6.23 Å². The molecule has 18 nitrogen and oxygen atoms in total. The van der Waals surface area contributed by atoms with Gasteiger partial charge in [0.1, 0.15) is 11.9 Å². The highest BCUT2D eigenvalue weighted by Gasteiger charge is 2.43. The molecule has 350 valence electrons. The number of carbonyl (C=O) groups is 1. The van der Waals surface area contributed by atoms with Gasteiger partial charge in [0.2, 0.25) is 0 Å². The third-order valence-electron chi connectivity index (χ3n) is 9.66. The van der Waals surface area contributed by atoms with E-state index in [1.54, 1.807) is 12.1 Å². The number of phosphoric acid groups is 2. The molecule has 61 heavy (non-hydrogen) atoms. The summed E-state index contributed by atoms with van der Waals surface area (Å²) in [4.78, 5) is 59.0. The number of hydrogen-bond donors (Lipinski definition) is 5. The number of nitrogens with one attached hydrogen (secondary N) is 1. The number of ether oxygens (including phenoxy) is 2. The van der Waals surface area contributed by atoms with E-state index in [2.05, 4.69) is 16.2 Å². The number of carbonyl (C=O) groups excluding carboxylic acids is 1. The first-order chi connectivity index (χ1) is 28.1. The van der Waals surface area contributed by atoms with Gasteiger partial charge in [-0.3, -0.25) is 28.2 Å². The SMILES string of the molecule is CCCCCCCCCCCCCCCCCCP(=O)(OCc1ccc(OC(=O)CCCC)cc1)OP(=O)(O)OP(=O)(O)OC[C@@H]1C=C[C@H](n2cc(C)c(=O)[nH]c2=O)O1.N.N. The van der Waals surface area contributed by atoms with E-state index in [1.165, 1.54) is 102 Å². The number of benzene rings is 1. The molecule has 0 fully saturated rings. The molecular formula is C40H71N4O14P3. The lowest BCUT2D eigenvalue weighted by Gasteiger charge is -2.23. The van der Waals surface area contributed by atoms with Crippen molar-refractivity contribution < 1.29 is 55.4 Å². The fourth-order valence-corrected chi connectivity index (χ4v) is 11.1. The van der Waals surface area contributed by atoms with Crippen LogP contribution in [0.1, 0.15) is 153 Å². The molecule has 2 aromatic rings. The van der Waals surface area contributed by atoms with Crippen molar-refractivity contribution in [2.24, 2.45) is 0 Å². The van der Waals surface area contributed by atoms with E-state index in [9.17, 15) is 37.9 Å². The molecule has 0 amide bonds. The van der Waals surface area contributed by atoms with Gasteiger partial charge in [0, 0.05) is 18.2 Å². The van der Waals surface area contributed by atoms with Gasteiger partial charge in [0.25, 0.3) is 5.56 Å². The molecule has 1 aliphatic rings.